The fourth-order valence-electron chi connectivity index (χ4n) is 4.58. The summed E-state index contributed by atoms with van der Waals surface area (Å²) in [6, 6.07) is 12.8. The molecule has 0 spiro atoms. The quantitative estimate of drug-likeness (QED) is 0.388. The SMILES string of the molecule is CCn1cc(C#N)nc1-c1ccc(NC2CCCn3nc(-c4c(Cl)cnn4C(C)C)cc32)cc1. The highest BCUT2D eigenvalue weighted by molar-refractivity contribution is 6.32. The van der Waals surface area contributed by atoms with Crippen LogP contribution in [0.25, 0.3) is 22.8 Å². The molecule has 0 fully saturated rings. The molecule has 0 saturated heterocycles. The molecule has 34 heavy (non-hydrogen) atoms. The lowest BCUT2D eigenvalue weighted by Gasteiger charge is -2.25. The Hall–Kier alpha value is -3.57. The van der Waals surface area contributed by atoms with Crippen LogP contribution in [0.15, 0.2) is 42.7 Å². The maximum absolute atomic E-state index is 9.19. The van der Waals surface area contributed by atoms with E-state index < -0.39 is 0 Å². The number of imidazole rings is 1. The van der Waals surface area contributed by atoms with Gasteiger partial charge in [-0.05, 0) is 63.9 Å². The molecule has 8 nitrogen and oxygen atoms in total. The Balaban J connectivity index is 1.40. The van der Waals surface area contributed by atoms with Gasteiger partial charge in [0, 0.05) is 36.6 Å². The lowest BCUT2D eigenvalue weighted by atomic mass is 10.0. The zero-order valence-corrected chi connectivity index (χ0v) is 20.3. The number of aryl methyl sites for hydroxylation is 2. The smallest absolute Gasteiger partial charge is 0.159 e. The molecule has 0 bridgehead atoms. The summed E-state index contributed by atoms with van der Waals surface area (Å²) in [5.74, 6) is 0.810. The van der Waals surface area contributed by atoms with E-state index in [2.05, 4.69) is 58.2 Å². The van der Waals surface area contributed by atoms with Crippen molar-refractivity contribution in [3.05, 3.63) is 59.1 Å². The summed E-state index contributed by atoms with van der Waals surface area (Å²) in [5.41, 5.74) is 5.33. The summed E-state index contributed by atoms with van der Waals surface area (Å²) < 4.78 is 6.01. The topological polar surface area (TPSA) is 89.3 Å². The largest absolute Gasteiger partial charge is 0.377 e. The van der Waals surface area contributed by atoms with Crippen LogP contribution in [0.5, 0.6) is 0 Å². The fourth-order valence-corrected chi connectivity index (χ4v) is 4.80. The molecule has 0 amide bonds. The number of fused-ring (bicyclic) bond motifs is 1. The van der Waals surface area contributed by atoms with Crippen LogP contribution in [0.3, 0.4) is 0 Å². The van der Waals surface area contributed by atoms with E-state index in [9.17, 15) is 5.26 Å². The molecule has 4 heterocycles. The highest BCUT2D eigenvalue weighted by Crippen LogP contribution is 2.35. The van der Waals surface area contributed by atoms with Gasteiger partial charge in [-0.15, -0.1) is 0 Å². The van der Waals surface area contributed by atoms with Crippen LogP contribution in [0.4, 0.5) is 5.69 Å². The van der Waals surface area contributed by atoms with E-state index in [1.54, 1.807) is 12.4 Å². The van der Waals surface area contributed by atoms with Crippen molar-refractivity contribution in [2.45, 2.75) is 58.8 Å². The summed E-state index contributed by atoms with van der Waals surface area (Å²) in [5, 5.41) is 22.8. The minimum Gasteiger partial charge on any atom is -0.377 e. The summed E-state index contributed by atoms with van der Waals surface area (Å²) in [7, 11) is 0. The van der Waals surface area contributed by atoms with Gasteiger partial charge in [-0.25, -0.2) is 4.98 Å². The molecule has 1 aliphatic heterocycles. The third-order valence-electron chi connectivity index (χ3n) is 6.23. The van der Waals surface area contributed by atoms with Crippen molar-refractivity contribution in [2.75, 3.05) is 5.32 Å². The molecule has 0 saturated carbocycles. The van der Waals surface area contributed by atoms with Gasteiger partial charge in [0.25, 0.3) is 0 Å². The molecular formula is C25H27ClN8. The van der Waals surface area contributed by atoms with E-state index in [0.29, 0.717) is 10.7 Å². The Morgan fingerprint density at radius 1 is 1.26 bits per heavy atom. The number of halogens is 1. The Bertz CT molecular complexity index is 1350. The van der Waals surface area contributed by atoms with Crippen molar-refractivity contribution < 1.29 is 0 Å². The highest BCUT2D eigenvalue weighted by atomic mass is 35.5. The predicted molar refractivity (Wildman–Crippen MR) is 132 cm³/mol. The number of nitrogens with one attached hydrogen (secondary N) is 1. The summed E-state index contributed by atoms with van der Waals surface area (Å²) >= 11 is 6.48. The van der Waals surface area contributed by atoms with Crippen molar-refractivity contribution in [1.82, 2.24) is 29.1 Å². The van der Waals surface area contributed by atoms with E-state index in [4.69, 9.17) is 16.7 Å². The molecule has 4 aromatic rings. The van der Waals surface area contributed by atoms with Crippen LogP contribution in [0.2, 0.25) is 5.02 Å². The molecule has 1 N–H and O–H groups in total. The number of benzene rings is 1. The predicted octanol–water partition coefficient (Wildman–Crippen LogP) is 5.68. The third-order valence-corrected chi connectivity index (χ3v) is 6.51. The van der Waals surface area contributed by atoms with E-state index >= 15 is 0 Å². The Morgan fingerprint density at radius 3 is 2.76 bits per heavy atom. The van der Waals surface area contributed by atoms with Crippen molar-refractivity contribution in [2.24, 2.45) is 0 Å². The normalized spacial score (nSPS) is 15.4. The number of rotatable bonds is 6. The van der Waals surface area contributed by atoms with Gasteiger partial charge in [0.15, 0.2) is 5.69 Å². The van der Waals surface area contributed by atoms with Crippen molar-refractivity contribution in [1.29, 1.82) is 5.26 Å². The Labute approximate surface area is 203 Å². The highest BCUT2D eigenvalue weighted by Gasteiger charge is 2.25. The van der Waals surface area contributed by atoms with Crippen LogP contribution in [-0.4, -0.2) is 29.1 Å². The maximum Gasteiger partial charge on any atom is 0.159 e. The minimum absolute atomic E-state index is 0.151. The van der Waals surface area contributed by atoms with Gasteiger partial charge in [-0.3, -0.25) is 9.36 Å². The molecule has 174 valence electrons. The van der Waals surface area contributed by atoms with Crippen LogP contribution < -0.4 is 5.32 Å². The van der Waals surface area contributed by atoms with Crippen molar-refractivity contribution in [3.8, 4) is 28.8 Å². The molecule has 3 aromatic heterocycles. The number of anilines is 1. The first-order valence-electron chi connectivity index (χ1n) is 11.6. The van der Waals surface area contributed by atoms with E-state index in [1.807, 2.05) is 28.3 Å². The fraction of sp³-hybridized carbons (Fsp3) is 0.360. The zero-order chi connectivity index (χ0) is 23.8. The maximum atomic E-state index is 9.19. The first kappa shape index (κ1) is 22.2. The van der Waals surface area contributed by atoms with Gasteiger partial charge in [0.05, 0.1) is 23.0 Å². The van der Waals surface area contributed by atoms with Gasteiger partial charge in [-0.2, -0.15) is 15.5 Å². The van der Waals surface area contributed by atoms with Crippen molar-refractivity contribution >= 4 is 17.3 Å². The molecule has 0 aliphatic carbocycles. The molecule has 1 aliphatic rings. The van der Waals surface area contributed by atoms with Gasteiger partial charge in [-0.1, -0.05) is 11.6 Å². The van der Waals surface area contributed by atoms with E-state index in [-0.39, 0.29) is 12.1 Å². The average molecular weight is 475 g/mol. The Kier molecular flexibility index (Phi) is 5.88. The first-order valence-corrected chi connectivity index (χ1v) is 12.0. The molecule has 1 unspecified atom stereocenters. The Morgan fingerprint density at radius 2 is 2.06 bits per heavy atom. The van der Waals surface area contributed by atoms with E-state index in [1.165, 1.54) is 0 Å². The molecule has 5 rings (SSSR count). The molecule has 0 radical (unpaired) electrons. The van der Waals surface area contributed by atoms with Gasteiger partial charge >= 0.3 is 0 Å². The van der Waals surface area contributed by atoms with Gasteiger partial charge in [0.2, 0.25) is 0 Å². The third kappa shape index (κ3) is 3.97. The van der Waals surface area contributed by atoms with Crippen molar-refractivity contribution in [3.63, 3.8) is 0 Å². The second-order valence-electron chi connectivity index (χ2n) is 8.82. The summed E-state index contributed by atoms with van der Waals surface area (Å²) in [6.45, 7) is 7.87. The summed E-state index contributed by atoms with van der Waals surface area (Å²) in [4.78, 5) is 4.45. The van der Waals surface area contributed by atoms with Crippen LogP contribution >= 0.6 is 11.6 Å². The number of hydrogen-bond acceptors (Lipinski definition) is 5. The lowest BCUT2D eigenvalue weighted by molar-refractivity contribution is 0.446. The number of aromatic nitrogens is 6. The standard InChI is InChI=1S/C25H27ClN8/c1-4-32-15-19(13-27)30-25(32)17-7-9-18(10-8-17)29-21-6-5-11-33-23(21)12-22(31-33)24-20(26)14-28-34(24)16(2)3/h7-10,12,14-16,21,29H,4-6,11H2,1-3H3. The van der Waals surface area contributed by atoms with Gasteiger partial charge in [0.1, 0.15) is 23.3 Å². The lowest BCUT2D eigenvalue weighted by Crippen LogP contribution is -2.21. The van der Waals surface area contributed by atoms with Crippen LogP contribution in [-0.2, 0) is 13.1 Å². The molecule has 9 heteroatoms. The second kappa shape index (κ2) is 8.99. The van der Waals surface area contributed by atoms with Gasteiger partial charge < -0.3 is 9.88 Å². The first-order chi connectivity index (χ1) is 16.5. The number of hydrogen-bond donors (Lipinski definition) is 1. The number of nitriles is 1. The monoisotopic (exact) mass is 474 g/mol. The average Bonchev–Trinajstić information content (AvgIpc) is 3.55. The number of nitrogens with zero attached hydrogens (tertiary/aromatic N) is 7. The molecule has 1 aromatic carbocycles. The van der Waals surface area contributed by atoms with Crippen LogP contribution in [0, 0.1) is 11.3 Å². The molecular weight excluding hydrogens is 448 g/mol. The molecule has 1 atom stereocenters. The van der Waals surface area contributed by atoms with E-state index in [0.717, 1.165) is 60.1 Å². The zero-order valence-electron chi connectivity index (χ0n) is 19.5. The van der Waals surface area contributed by atoms with Crippen LogP contribution in [0.1, 0.15) is 57.1 Å². The second-order valence-corrected chi connectivity index (χ2v) is 9.23. The summed E-state index contributed by atoms with van der Waals surface area (Å²) in [6.07, 6.45) is 5.55. The minimum atomic E-state index is 0.151.